The lowest BCUT2D eigenvalue weighted by Crippen LogP contribution is -2.46. The minimum atomic E-state index is -3.46. The standard InChI is InChI=1S/C14H22N2O3S/c1-11-6-7-16(10-14(11)19-2)20(17,18)13-5-3-4-12(8-13)9-15/h3-5,8,11,14H,6-7,9-10,15H2,1-2H3. The fourth-order valence-corrected chi connectivity index (χ4v) is 4.05. The van der Waals surface area contributed by atoms with Crippen molar-refractivity contribution in [3.8, 4) is 0 Å². The van der Waals surface area contributed by atoms with Crippen molar-refractivity contribution in [1.29, 1.82) is 0 Å². The molecule has 2 unspecified atom stereocenters. The van der Waals surface area contributed by atoms with Crippen LogP contribution < -0.4 is 5.73 Å². The molecule has 2 atom stereocenters. The molecule has 6 heteroatoms. The Morgan fingerprint density at radius 2 is 2.20 bits per heavy atom. The zero-order valence-electron chi connectivity index (χ0n) is 12.0. The van der Waals surface area contributed by atoms with Crippen LogP contribution in [0.4, 0.5) is 0 Å². The Labute approximate surface area is 120 Å². The molecule has 0 bridgehead atoms. The highest BCUT2D eigenvalue weighted by Crippen LogP contribution is 2.25. The van der Waals surface area contributed by atoms with Gasteiger partial charge in [-0.05, 0) is 30.0 Å². The van der Waals surface area contributed by atoms with Crippen LogP contribution in [0.5, 0.6) is 0 Å². The van der Waals surface area contributed by atoms with E-state index in [2.05, 4.69) is 6.92 Å². The molecule has 1 aromatic carbocycles. The van der Waals surface area contributed by atoms with Crippen LogP contribution >= 0.6 is 0 Å². The van der Waals surface area contributed by atoms with Crippen LogP contribution in [0.1, 0.15) is 18.9 Å². The van der Waals surface area contributed by atoms with Crippen molar-refractivity contribution >= 4 is 10.0 Å². The van der Waals surface area contributed by atoms with E-state index >= 15 is 0 Å². The second kappa shape index (κ2) is 6.22. The Morgan fingerprint density at radius 1 is 1.45 bits per heavy atom. The van der Waals surface area contributed by atoms with Crippen LogP contribution in [0.15, 0.2) is 29.2 Å². The third-order valence-corrected chi connectivity index (χ3v) is 5.79. The van der Waals surface area contributed by atoms with E-state index in [9.17, 15) is 8.42 Å². The number of rotatable bonds is 4. The second-order valence-electron chi connectivity index (χ2n) is 5.25. The van der Waals surface area contributed by atoms with Crippen molar-refractivity contribution in [1.82, 2.24) is 4.31 Å². The van der Waals surface area contributed by atoms with Gasteiger partial charge in [-0.25, -0.2) is 8.42 Å². The average molecular weight is 298 g/mol. The van der Waals surface area contributed by atoms with Gasteiger partial charge in [0.1, 0.15) is 0 Å². The van der Waals surface area contributed by atoms with E-state index < -0.39 is 10.0 Å². The molecule has 5 nitrogen and oxygen atoms in total. The molecule has 0 saturated carbocycles. The van der Waals surface area contributed by atoms with Gasteiger partial charge in [0.05, 0.1) is 11.0 Å². The Bertz CT molecular complexity index is 559. The summed E-state index contributed by atoms with van der Waals surface area (Å²) < 4.78 is 32.2. The van der Waals surface area contributed by atoms with E-state index in [1.54, 1.807) is 25.3 Å². The smallest absolute Gasteiger partial charge is 0.243 e. The molecule has 1 aliphatic heterocycles. The minimum Gasteiger partial charge on any atom is -0.380 e. The molecule has 0 amide bonds. The summed E-state index contributed by atoms with van der Waals surface area (Å²) in [5, 5.41) is 0. The van der Waals surface area contributed by atoms with E-state index in [-0.39, 0.29) is 6.10 Å². The molecule has 1 saturated heterocycles. The van der Waals surface area contributed by atoms with Crippen molar-refractivity contribution in [2.75, 3.05) is 20.2 Å². The maximum absolute atomic E-state index is 12.7. The van der Waals surface area contributed by atoms with Gasteiger partial charge in [-0.2, -0.15) is 4.31 Å². The van der Waals surface area contributed by atoms with Crippen LogP contribution in [0, 0.1) is 5.92 Å². The SMILES string of the molecule is COC1CN(S(=O)(=O)c2cccc(CN)c2)CCC1C. The molecule has 1 aromatic rings. The van der Waals surface area contributed by atoms with Gasteiger partial charge in [0, 0.05) is 26.7 Å². The molecule has 112 valence electrons. The Morgan fingerprint density at radius 3 is 2.85 bits per heavy atom. The molecule has 0 aromatic heterocycles. The van der Waals surface area contributed by atoms with E-state index in [1.165, 1.54) is 4.31 Å². The van der Waals surface area contributed by atoms with Gasteiger partial charge < -0.3 is 10.5 Å². The van der Waals surface area contributed by atoms with Crippen molar-refractivity contribution in [3.05, 3.63) is 29.8 Å². The van der Waals surface area contributed by atoms with Crippen LogP contribution in [-0.4, -0.2) is 39.0 Å². The predicted molar refractivity (Wildman–Crippen MR) is 77.7 cm³/mol. The van der Waals surface area contributed by atoms with Crippen molar-refractivity contribution in [2.24, 2.45) is 11.7 Å². The summed E-state index contributed by atoms with van der Waals surface area (Å²) in [6.07, 6.45) is 0.769. The lowest BCUT2D eigenvalue weighted by Gasteiger charge is -2.35. The van der Waals surface area contributed by atoms with Gasteiger partial charge in [-0.1, -0.05) is 19.1 Å². The summed E-state index contributed by atoms with van der Waals surface area (Å²) in [4.78, 5) is 0.310. The summed E-state index contributed by atoms with van der Waals surface area (Å²) in [7, 11) is -1.83. The molecular weight excluding hydrogens is 276 g/mol. The molecule has 1 aliphatic rings. The maximum Gasteiger partial charge on any atom is 0.243 e. The lowest BCUT2D eigenvalue weighted by molar-refractivity contribution is 0.0184. The minimum absolute atomic E-state index is 0.0452. The first kappa shape index (κ1) is 15.4. The second-order valence-corrected chi connectivity index (χ2v) is 7.19. The maximum atomic E-state index is 12.7. The molecule has 1 fully saturated rings. The number of nitrogens with two attached hydrogens (primary N) is 1. The van der Waals surface area contributed by atoms with Gasteiger partial charge in [-0.15, -0.1) is 0 Å². The molecule has 0 radical (unpaired) electrons. The van der Waals surface area contributed by atoms with Crippen molar-refractivity contribution in [3.63, 3.8) is 0 Å². The molecule has 2 N–H and O–H groups in total. The molecule has 20 heavy (non-hydrogen) atoms. The monoisotopic (exact) mass is 298 g/mol. The fourth-order valence-electron chi connectivity index (χ4n) is 2.51. The van der Waals surface area contributed by atoms with Gasteiger partial charge >= 0.3 is 0 Å². The van der Waals surface area contributed by atoms with E-state index in [0.29, 0.717) is 30.4 Å². The Kier molecular flexibility index (Phi) is 4.80. The highest BCUT2D eigenvalue weighted by atomic mass is 32.2. The summed E-state index contributed by atoms with van der Waals surface area (Å²) in [6, 6.07) is 6.83. The predicted octanol–water partition coefficient (Wildman–Crippen LogP) is 1.19. The molecule has 2 rings (SSSR count). The number of nitrogens with zero attached hydrogens (tertiary/aromatic N) is 1. The van der Waals surface area contributed by atoms with Crippen LogP contribution in [0.3, 0.4) is 0 Å². The topological polar surface area (TPSA) is 72.6 Å². The zero-order chi connectivity index (χ0) is 14.8. The highest BCUT2D eigenvalue weighted by Gasteiger charge is 2.33. The van der Waals surface area contributed by atoms with E-state index in [4.69, 9.17) is 10.5 Å². The van der Waals surface area contributed by atoms with Crippen LogP contribution in [0.2, 0.25) is 0 Å². The van der Waals surface area contributed by atoms with Crippen LogP contribution in [0.25, 0.3) is 0 Å². The quantitative estimate of drug-likeness (QED) is 0.906. The third-order valence-electron chi connectivity index (χ3n) is 3.93. The van der Waals surface area contributed by atoms with Crippen LogP contribution in [-0.2, 0) is 21.3 Å². The summed E-state index contributed by atoms with van der Waals surface area (Å²) in [5.41, 5.74) is 6.39. The number of sulfonamides is 1. The van der Waals surface area contributed by atoms with Gasteiger partial charge in [-0.3, -0.25) is 0 Å². The molecule has 0 aliphatic carbocycles. The first-order valence-electron chi connectivity index (χ1n) is 6.81. The summed E-state index contributed by atoms with van der Waals surface area (Å²) in [6.45, 7) is 3.37. The number of methoxy groups -OCH3 is 1. The highest BCUT2D eigenvalue weighted by molar-refractivity contribution is 7.89. The average Bonchev–Trinajstić information content (AvgIpc) is 2.47. The number of hydrogen-bond donors (Lipinski definition) is 1. The number of hydrogen-bond acceptors (Lipinski definition) is 4. The third kappa shape index (κ3) is 3.03. The normalized spacial score (nSPS) is 24.8. The van der Waals surface area contributed by atoms with E-state index in [0.717, 1.165) is 12.0 Å². The number of piperidine rings is 1. The molecular formula is C14H22N2O3S. The summed E-state index contributed by atoms with van der Waals surface area (Å²) >= 11 is 0. The van der Waals surface area contributed by atoms with Crippen molar-refractivity contribution in [2.45, 2.75) is 30.9 Å². The first-order valence-corrected chi connectivity index (χ1v) is 8.25. The Hall–Kier alpha value is -0.950. The van der Waals surface area contributed by atoms with E-state index in [1.807, 2.05) is 6.07 Å². The van der Waals surface area contributed by atoms with Gasteiger partial charge in [0.25, 0.3) is 0 Å². The van der Waals surface area contributed by atoms with Gasteiger partial charge in [0.2, 0.25) is 10.0 Å². The number of benzene rings is 1. The Balaban J connectivity index is 2.25. The molecule has 0 spiro atoms. The molecule has 1 heterocycles. The fraction of sp³-hybridized carbons (Fsp3) is 0.571. The number of ether oxygens (including phenoxy) is 1. The van der Waals surface area contributed by atoms with Gasteiger partial charge in [0.15, 0.2) is 0 Å². The first-order chi connectivity index (χ1) is 9.48. The largest absolute Gasteiger partial charge is 0.380 e. The lowest BCUT2D eigenvalue weighted by atomic mass is 9.97. The zero-order valence-corrected chi connectivity index (χ0v) is 12.8. The summed E-state index contributed by atoms with van der Waals surface area (Å²) in [5.74, 6) is 0.377. The van der Waals surface area contributed by atoms with Crippen molar-refractivity contribution < 1.29 is 13.2 Å².